The van der Waals surface area contributed by atoms with Gasteiger partial charge in [-0.1, -0.05) is 46.1 Å². The van der Waals surface area contributed by atoms with Gasteiger partial charge in [-0.05, 0) is 37.5 Å². The fourth-order valence-electron chi connectivity index (χ4n) is 7.34. The molecule has 0 radical (unpaired) electrons. The lowest BCUT2D eigenvalue weighted by atomic mass is 9.66. The van der Waals surface area contributed by atoms with E-state index in [1.54, 1.807) is 22.7 Å². The summed E-state index contributed by atoms with van der Waals surface area (Å²) in [5, 5.41) is 20.3. The van der Waals surface area contributed by atoms with Crippen LogP contribution < -0.4 is 0 Å². The smallest absolute Gasteiger partial charge is 0.308 e. The van der Waals surface area contributed by atoms with Crippen molar-refractivity contribution < 1.29 is 24.6 Å². The third kappa shape index (κ3) is 3.89. The van der Waals surface area contributed by atoms with Crippen molar-refractivity contribution in [2.24, 2.45) is 23.7 Å². The molecule has 0 aromatic heterocycles. The highest BCUT2D eigenvalue weighted by molar-refractivity contribution is 8.02. The van der Waals surface area contributed by atoms with E-state index in [4.69, 9.17) is 0 Å². The van der Waals surface area contributed by atoms with E-state index < -0.39 is 34.6 Å². The number of nitrogens with zero attached hydrogens (tertiary/aromatic N) is 2. The quantitative estimate of drug-likeness (QED) is 0.480. The number of fused-ring (bicyclic) bond motifs is 1. The number of rotatable bonds is 9. The molecule has 4 fully saturated rings. The van der Waals surface area contributed by atoms with E-state index >= 15 is 0 Å². The summed E-state index contributed by atoms with van der Waals surface area (Å²) in [4.78, 5) is 44.4. The average Bonchev–Trinajstić information content (AvgIpc) is 3.39. The van der Waals surface area contributed by atoms with E-state index in [0.717, 1.165) is 25.7 Å². The van der Waals surface area contributed by atoms with Gasteiger partial charge in [-0.3, -0.25) is 14.4 Å². The molecule has 34 heavy (non-hydrogen) atoms. The molecule has 3 aliphatic heterocycles. The molecule has 1 aliphatic carbocycles. The van der Waals surface area contributed by atoms with Crippen LogP contribution in [0, 0.1) is 23.7 Å². The zero-order chi connectivity index (χ0) is 24.8. The van der Waals surface area contributed by atoms with Crippen LogP contribution in [0.1, 0.15) is 65.7 Å². The number of carbonyl (C=O) groups excluding carboxylic acids is 2. The van der Waals surface area contributed by atoms with Crippen molar-refractivity contribution >= 4 is 29.5 Å². The van der Waals surface area contributed by atoms with Crippen LogP contribution in [0.25, 0.3) is 0 Å². The molecule has 0 aromatic rings. The SMILES string of the molecule is C=CCN(C(=O)C1N([C@@H](CO)CC(C)C)C(=O)[C@@H]2[C@H](C(=O)O)[C@@H]3CC(C)C12S3)C1CCCCC1. The van der Waals surface area contributed by atoms with Gasteiger partial charge in [0.15, 0.2) is 0 Å². The minimum Gasteiger partial charge on any atom is -0.481 e. The first-order chi connectivity index (χ1) is 16.2. The second kappa shape index (κ2) is 9.84. The molecule has 8 heteroatoms. The highest BCUT2D eigenvalue weighted by atomic mass is 32.2. The molecule has 2 bridgehead atoms. The van der Waals surface area contributed by atoms with Crippen LogP contribution >= 0.6 is 11.8 Å². The number of hydrogen-bond donors (Lipinski definition) is 2. The molecule has 3 heterocycles. The predicted octanol–water partition coefficient (Wildman–Crippen LogP) is 3.16. The highest BCUT2D eigenvalue weighted by Gasteiger charge is 2.77. The van der Waals surface area contributed by atoms with Gasteiger partial charge in [-0.2, -0.15) is 0 Å². The van der Waals surface area contributed by atoms with E-state index in [1.807, 2.05) is 18.7 Å². The molecule has 2 amide bonds. The summed E-state index contributed by atoms with van der Waals surface area (Å²) in [5.41, 5.74) is 0. The van der Waals surface area contributed by atoms with E-state index in [9.17, 15) is 24.6 Å². The van der Waals surface area contributed by atoms with E-state index in [-0.39, 0.29) is 41.5 Å². The van der Waals surface area contributed by atoms with Crippen molar-refractivity contribution in [1.29, 1.82) is 0 Å². The van der Waals surface area contributed by atoms with Crippen LogP contribution in [0.2, 0.25) is 0 Å². The summed E-state index contributed by atoms with van der Waals surface area (Å²) in [5.74, 6) is -2.53. The van der Waals surface area contributed by atoms with Crippen LogP contribution in [-0.2, 0) is 14.4 Å². The van der Waals surface area contributed by atoms with Crippen molar-refractivity contribution in [3.8, 4) is 0 Å². The molecule has 4 aliphatic rings. The molecule has 7 atom stereocenters. The number of carboxylic acid groups (broad SMARTS) is 1. The maximum Gasteiger partial charge on any atom is 0.308 e. The first-order valence-electron chi connectivity index (χ1n) is 12.9. The molecule has 190 valence electrons. The Labute approximate surface area is 207 Å². The Morgan fingerprint density at radius 2 is 1.97 bits per heavy atom. The first kappa shape index (κ1) is 25.5. The molecular formula is C26H40N2O5S. The normalized spacial score (nSPS) is 36.1. The largest absolute Gasteiger partial charge is 0.481 e. The first-order valence-corrected chi connectivity index (χ1v) is 13.8. The molecule has 2 N–H and O–H groups in total. The molecule has 1 saturated carbocycles. The summed E-state index contributed by atoms with van der Waals surface area (Å²) in [6.07, 6.45) is 8.22. The third-order valence-corrected chi connectivity index (χ3v) is 10.8. The number of aliphatic hydroxyl groups is 1. The zero-order valence-electron chi connectivity index (χ0n) is 20.7. The van der Waals surface area contributed by atoms with Gasteiger partial charge in [0.2, 0.25) is 11.8 Å². The number of carboxylic acids is 1. The lowest BCUT2D eigenvalue weighted by molar-refractivity contribution is -0.150. The van der Waals surface area contributed by atoms with Crippen LogP contribution in [0.15, 0.2) is 12.7 Å². The second-order valence-electron chi connectivity index (χ2n) is 11.2. The minimum absolute atomic E-state index is 0.0429. The van der Waals surface area contributed by atoms with Crippen LogP contribution in [-0.4, -0.2) is 79.1 Å². The van der Waals surface area contributed by atoms with E-state index in [1.165, 1.54) is 6.42 Å². The average molecular weight is 493 g/mol. The van der Waals surface area contributed by atoms with E-state index in [0.29, 0.717) is 19.4 Å². The molecular weight excluding hydrogens is 452 g/mol. The monoisotopic (exact) mass is 492 g/mol. The van der Waals surface area contributed by atoms with Crippen molar-refractivity contribution in [2.75, 3.05) is 13.2 Å². The number of carbonyl (C=O) groups is 3. The Kier molecular flexibility index (Phi) is 7.40. The van der Waals surface area contributed by atoms with Gasteiger partial charge in [0, 0.05) is 17.8 Å². The Morgan fingerprint density at radius 1 is 1.29 bits per heavy atom. The summed E-state index contributed by atoms with van der Waals surface area (Å²) < 4.78 is -0.764. The molecule has 0 aromatic carbocycles. The van der Waals surface area contributed by atoms with Gasteiger partial charge in [0.05, 0.1) is 29.2 Å². The van der Waals surface area contributed by atoms with Gasteiger partial charge >= 0.3 is 5.97 Å². The third-order valence-electron chi connectivity index (χ3n) is 8.67. The van der Waals surface area contributed by atoms with E-state index in [2.05, 4.69) is 13.5 Å². The number of aliphatic hydroxyl groups excluding tert-OH is 1. The summed E-state index contributed by atoms with van der Waals surface area (Å²) in [7, 11) is 0. The summed E-state index contributed by atoms with van der Waals surface area (Å²) in [6, 6.07) is -1.14. The predicted molar refractivity (Wildman–Crippen MR) is 132 cm³/mol. The second-order valence-corrected chi connectivity index (χ2v) is 12.7. The molecule has 7 nitrogen and oxygen atoms in total. The van der Waals surface area contributed by atoms with Gasteiger partial charge in [-0.25, -0.2) is 0 Å². The van der Waals surface area contributed by atoms with Crippen LogP contribution in [0.5, 0.6) is 0 Å². The van der Waals surface area contributed by atoms with Gasteiger partial charge < -0.3 is 20.0 Å². The van der Waals surface area contributed by atoms with Gasteiger partial charge in [-0.15, -0.1) is 18.3 Å². The fraction of sp³-hybridized carbons (Fsp3) is 0.808. The number of aliphatic carboxylic acids is 1. The Morgan fingerprint density at radius 3 is 2.53 bits per heavy atom. The number of amides is 2. The van der Waals surface area contributed by atoms with Gasteiger partial charge in [0.1, 0.15) is 6.04 Å². The van der Waals surface area contributed by atoms with Crippen molar-refractivity contribution in [3.05, 3.63) is 12.7 Å². The highest BCUT2D eigenvalue weighted by Crippen LogP contribution is 2.69. The van der Waals surface area contributed by atoms with Crippen LogP contribution in [0.4, 0.5) is 0 Å². The fourth-order valence-corrected chi connectivity index (χ4v) is 9.74. The van der Waals surface area contributed by atoms with Gasteiger partial charge in [0.25, 0.3) is 0 Å². The Hall–Kier alpha value is -1.54. The summed E-state index contributed by atoms with van der Waals surface area (Å²) in [6.45, 7) is 10.2. The van der Waals surface area contributed by atoms with Crippen LogP contribution in [0.3, 0.4) is 0 Å². The molecule has 3 saturated heterocycles. The summed E-state index contributed by atoms with van der Waals surface area (Å²) >= 11 is 1.57. The number of hydrogen-bond acceptors (Lipinski definition) is 5. The number of thioether (sulfide) groups is 1. The lowest BCUT2D eigenvalue weighted by Crippen LogP contribution is -2.60. The topological polar surface area (TPSA) is 98.2 Å². The maximum atomic E-state index is 14.5. The molecule has 1 spiro atoms. The Balaban J connectivity index is 1.81. The molecule has 3 unspecified atom stereocenters. The van der Waals surface area contributed by atoms with Crippen molar-refractivity contribution in [3.63, 3.8) is 0 Å². The lowest BCUT2D eigenvalue weighted by Gasteiger charge is -2.44. The standard InChI is InChI=1S/C26H40N2O5S/c1-5-11-27(17-9-7-6-8-10-17)24(31)22-26-16(4)13-19(34-26)20(25(32)33)21(26)23(30)28(22)18(14-29)12-15(2)3/h5,15-22,29H,1,6-14H2,2-4H3,(H,32,33)/t16?,18-,19+,20-,21+,22?,26?/m1/s1. The van der Waals surface area contributed by atoms with Crippen molar-refractivity contribution in [1.82, 2.24) is 9.80 Å². The number of likely N-dealkylation sites (tertiary alicyclic amines) is 1. The minimum atomic E-state index is -0.947. The maximum absolute atomic E-state index is 14.5. The Bertz CT molecular complexity index is 828. The van der Waals surface area contributed by atoms with Crippen molar-refractivity contribution in [2.45, 2.75) is 93.8 Å². The molecule has 4 rings (SSSR count). The zero-order valence-corrected chi connectivity index (χ0v) is 21.5.